The number of nitrogens with one attached hydrogen (secondary N) is 1. The van der Waals surface area contributed by atoms with Crippen LogP contribution >= 0.6 is 11.3 Å². The number of pyridine rings is 1. The standard InChI is InChI=1S/C25H29F3N6OS.H2/c1-14(2)20-21(16-9-15(3)23-29-13-30-34(23)11-16)31-18-10-19(36-22(18)20)24(35)32(4)17-5-7-33(8-6-17)12-25(26,27)28;/h9-11,13-14,17,31H,5-8,12H2,1-4H3;1H. The van der Waals surface area contributed by atoms with Gasteiger partial charge < -0.3 is 9.88 Å². The number of carbonyl (C=O) groups is 1. The number of aromatic nitrogens is 4. The van der Waals surface area contributed by atoms with Crippen molar-refractivity contribution in [2.75, 3.05) is 26.7 Å². The normalized spacial score (nSPS) is 16.0. The van der Waals surface area contributed by atoms with Gasteiger partial charge in [-0.15, -0.1) is 11.3 Å². The maximum absolute atomic E-state index is 13.3. The zero-order valence-corrected chi connectivity index (χ0v) is 21.5. The molecule has 1 N–H and O–H groups in total. The van der Waals surface area contributed by atoms with E-state index in [0.29, 0.717) is 30.8 Å². The van der Waals surface area contributed by atoms with Gasteiger partial charge in [0.25, 0.3) is 5.91 Å². The molecule has 1 aliphatic heterocycles. The lowest BCUT2D eigenvalue weighted by atomic mass is 9.99. The molecule has 1 aliphatic rings. The molecule has 36 heavy (non-hydrogen) atoms. The van der Waals surface area contributed by atoms with E-state index in [1.807, 2.05) is 19.2 Å². The summed E-state index contributed by atoms with van der Waals surface area (Å²) in [7, 11) is 1.76. The molecule has 4 aromatic rings. The number of rotatable bonds is 5. The minimum atomic E-state index is -4.20. The Morgan fingerprint density at radius 1 is 1.31 bits per heavy atom. The van der Waals surface area contributed by atoms with Crippen molar-refractivity contribution >= 4 is 33.1 Å². The highest BCUT2D eigenvalue weighted by atomic mass is 32.1. The van der Waals surface area contributed by atoms with Crippen molar-refractivity contribution in [2.24, 2.45) is 0 Å². The van der Waals surface area contributed by atoms with Crippen LogP contribution in [0.25, 0.3) is 27.1 Å². The summed E-state index contributed by atoms with van der Waals surface area (Å²) < 4.78 is 40.9. The van der Waals surface area contributed by atoms with Crippen molar-refractivity contribution in [2.45, 2.75) is 51.7 Å². The van der Waals surface area contributed by atoms with Crippen LogP contribution in [0.15, 0.2) is 24.7 Å². The number of thiophene rings is 1. The Morgan fingerprint density at radius 2 is 2.03 bits per heavy atom. The predicted octanol–water partition coefficient (Wildman–Crippen LogP) is 5.72. The minimum absolute atomic E-state index is 0. The number of nitrogens with zero attached hydrogens (tertiary/aromatic N) is 5. The first-order valence-electron chi connectivity index (χ1n) is 12.0. The number of fused-ring (bicyclic) bond motifs is 2. The molecule has 1 fully saturated rings. The van der Waals surface area contributed by atoms with Gasteiger partial charge in [0.05, 0.1) is 27.3 Å². The first-order valence-corrected chi connectivity index (χ1v) is 12.9. The van der Waals surface area contributed by atoms with Crippen LogP contribution in [0.5, 0.6) is 0 Å². The number of likely N-dealkylation sites (tertiary alicyclic amines) is 1. The number of piperidine rings is 1. The zero-order valence-electron chi connectivity index (χ0n) is 20.7. The van der Waals surface area contributed by atoms with Crippen LogP contribution in [0.2, 0.25) is 0 Å². The lowest BCUT2D eigenvalue weighted by Gasteiger charge is -2.36. The lowest BCUT2D eigenvalue weighted by molar-refractivity contribution is -0.148. The van der Waals surface area contributed by atoms with E-state index < -0.39 is 12.7 Å². The highest BCUT2D eigenvalue weighted by Crippen LogP contribution is 2.40. The van der Waals surface area contributed by atoms with Crippen LogP contribution < -0.4 is 0 Å². The first-order chi connectivity index (χ1) is 17.0. The molecule has 0 bridgehead atoms. The Kier molecular flexibility index (Phi) is 6.32. The molecule has 0 aliphatic carbocycles. The Hall–Kier alpha value is -2.92. The average molecular weight is 521 g/mol. The Labute approximate surface area is 212 Å². The Bertz CT molecular complexity index is 1420. The lowest BCUT2D eigenvalue weighted by Crippen LogP contribution is -2.47. The average Bonchev–Trinajstić information content (AvgIpc) is 3.51. The monoisotopic (exact) mass is 520 g/mol. The molecule has 0 radical (unpaired) electrons. The molecule has 11 heteroatoms. The third-order valence-electron chi connectivity index (χ3n) is 6.97. The Morgan fingerprint density at radius 3 is 2.69 bits per heavy atom. The maximum Gasteiger partial charge on any atom is 0.401 e. The number of hydrogen-bond acceptors (Lipinski definition) is 5. The van der Waals surface area contributed by atoms with Crippen molar-refractivity contribution in [1.82, 2.24) is 29.4 Å². The van der Waals surface area contributed by atoms with Crippen LogP contribution in [0.4, 0.5) is 13.2 Å². The van der Waals surface area contributed by atoms with Crippen molar-refractivity contribution in [3.63, 3.8) is 0 Å². The molecule has 1 amide bonds. The quantitative estimate of drug-likeness (QED) is 0.366. The van der Waals surface area contributed by atoms with Gasteiger partial charge >= 0.3 is 6.18 Å². The van der Waals surface area contributed by atoms with E-state index in [1.54, 1.807) is 16.5 Å². The molecule has 0 unspecified atom stereocenters. The molecule has 7 nitrogen and oxygen atoms in total. The molecule has 194 valence electrons. The van der Waals surface area contributed by atoms with Gasteiger partial charge in [0.15, 0.2) is 5.65 Å². The smallest absolute Gasteiger partial charge is 0.354 e. The van der Waals surface area contributed by atoms with Crippen LogP contribution in [0, 0.1) is 6.92 Å². The van der Waals surface area contributed by atoms with Crippen LogP contribution in [-0.2, 0) is 0 Å². The molecular formula is C25H31F3N6OS. The first kappa shape index (κ1) is 24.8. The van der Waals surface area contributed by atoms with E-state index in [9.17, 15) is 18.0 Å². The van der Waals surface area contributed by atoms with Gasteiger partial charge in [-0.05, 0) is 48.9 Å². The van der Waals surface area contributed by atoms with Gasteiger partial charge in [-0.1, -0.05) is 13.8 Å². The number of carbonyl (C=O) groups excluding carboxylic acids is 1. The number of H-pyrrole nitrogens is 1. The van der Waals surface area contributed by atoms with Gasteiger partial charge in [-0.3, -0.25) is 9.69 Å². The summed E-state index contributed by atoms with van der Waals surface area (Å²) in [4.78, 5) is 24.9. The summed E-state index contributed by atoms with van der Waals surface area (Å²) in [5, 5.41) is 4.29. The molecule has 5 rings (SSSR count). The topological polar surface area (TPSA) is 69.5 Å². The fourth-order valence-electron chi connectivity index (χ4n) is 5.17. The maximum atomic E-state index is 13.3. The van der Waals surface area contributed by atoms with Gasteiger partial charge in [0.1, 0.15) is 6.33 Å². The molecule has 0 saturated carbocycles. The molecule has 4 aromatic heterocycles. The van der Waals surface area contributed by atoms with Crippen molar-refractivity contribution in [3.05, 3.63) is 40.7 Å². The van der Waals surface area contributed by atoms with Crippen LogP contribution in [0.3, 0.4) is 0 Å². The number of amides is 1. The van der Waals surface area contributed by atoms with Crippen molar-refractivity contribution in [3.8, 4) is 11.3 Å². The van der Waals surface area contributed by atoms with Gasteiger partial charge in [-0.25, -0.2) is 9.50 Å². The fourth-order valence-corrected chi connectivity index (χ4v) is 6.47. The summed E-state index contributed by atoms with van der Waals surface area (Å²) in [5.41, 5.74) is 5.92. The van der Waals surface area contributed by atoms with Crippen LogP contribution in [-0.4, -0.2) is 74.2 Å². The van der Waals surface area contributed by atoms with Crippen molar-refractivity contribution in [1.29, 1.82) is 0 Å². The van der Waals surface area contributed by atoms with E-state index >= 15 is 0 Å². The largest absolute Gasteiger partial charge is 0.401 e. The highest BCUT2D eigenvalue weighted by molar-refractivity contribution is 7.21. The number of aryl methyl sites for hydroxylation is 1. The summed E-state index contributed by atoms with van der Waals surface area (Å²) in [6, 6.07) is 3.92. The van der Waals surface area contributed by atoms with Gasteiger partial charge in [0.2, 0.25) is 0 Å². The second-order valence-electron chi connectivity index (χ2n) is 9.90. The second kappa shape index (κ2) is 9.19. The van der Waals surface area contributed by atoms with E-state index in [2.05, 4.69) is 35.0 Å². The zero-order chi connectivity index (χ0) is 25.8. The molecule has 0 atom stereocenters. The van der Waals surface area contributed by atoms with E-state index in [1.165, 1.54) is 22.6 Å². The third-order valence-corrected chi connectivity index (χ3v) is 8.13. The SMILES string of the molecule is Cc1cc(-c2[nH]c3cc(C(=O)N(C)C4CCN(CC(F)(F)F)CC4)sc3c2C(C)C)cn2ncnc12.[HH]. The van der Waals surface area contributed by atoms with E-state index in [-0.39, 0.29) is 19.3 Å². The number of alkyl halides is 3. The summed E-state index contributed by atoms with van der Waals surface area (Å²) in [5.74, 6) is 0.132. The fraction of sp³-hybridized carbons (Fsp3) is 0.480. The minimum Gasteiger partial charge on any atom is -0.354 e. The summed E-state index contributed by atoms with van der Waals surface area (Å²) >= 11 is 1.47. The van der Waals surface area contributed by atoms with E-state index in [0.717, 1.165) is 38.2 Å². The molecule has 0 aromatic carbocycles. The summed E-state index contributed by atoms with van der Waals surface area (Å²) in [6.07, 6.45) is 0.373. The predicted molar refractivity (Wildman–Crippen MR) is 137 cm³/mol. The van der Waals surface area contributed by atoms with Gasteiger partial charge in [0, 0.05) is 39.4 Å². The third kappa shape index (κ3) is 4.61. The summed E-state index contributed by atoms with van der Waals surface area (Å²) in [6.45, 7) is 6.06. The van der Waals surface area contributed by atoms with Gasteiger partial charge in [-0.2, -0.15) is 18.3 Å². The number of hydrogen-bond donors (Lipinski definition) is 1. The highest BCUT2D eigenvalue weighted by Gasteiger charge is 2.34. The molecule has 5 heterocycles. The molecular weight excluding hydrogens is 489 g/mol. The van der Waals surface area contributed by atoms with E-state index in [4.69, 9.17) is 0 Å². The van der Waals surface area contributed by atoms with Crippen molar-refractivity contribution < 1.29 is 19.4 Å². The molecule has 1 saturated heterocycles. The van der Waals surface area contributed by atoms with Crippen LogP contribution in [0.1, 0.15) is 54.8 Å². The second-order valence-corrected chi connectivity index (χ2v) is 11.0. The number of aromatic amines is 1. The Balaban J connectivity index is 0.00000320. The molecule has 0 spiro atoms. The number of halogens is 3.